The maximum absolute atomic E-state index is 13.8. The Labute approximate surface area is 208 Å². The average molecular weight is 503 g/mol. The second kappa shape index (κ2) is 8.28. The van der Waals surface area contributed by atoms with Crippen molar-refractivity contribution in [2.24, 2.45) is 4.99 Å². The van der Waals surface area contributed by atoms with Crippen LogP contribution in [0.5, 0.6) is 0 Å². The molecule has 1 N–H and O–H groups in total. The van der Waals surface area contributed by atoms with E-state index in [1.165, 1.54) is 10.5 Å². The van der Waals surface area contributed by atoms with Crippen molar-refractivity contribution in [3.63, 3.8) is 0 Å². The third kappa shape index (κ3) is 3.62. The summed E-state index contributed by atoms with van der Waals surface area (Å²) >= 11 is 1.60. The fourth-order valence-electron chi connectivity index (χ4n) is 4.63. The van der Waals surface area contributed by atoms with Crippen LogP contribution in [0.25, 0.3) is 0 Å². The number of fused-ring (bicyclic) bond motifs is 4. The number of aliphatic imine (C=N–C) groups is 1. The summed E-state index contributed by atoms with van der Waals surface area (Å²) in [5, 5.41) is 4.08. The number of anilines is 3. The van der Waals surface area contributed by atoms with Crippen molar-refractivity contribution in [1.82, 2.24) is 0 Å². The SMILES string of the molecule is Cc1cccc(CN2c3ccccc3C(=O)C(=CNc3cccc4c3N3CCN=C3S4)S2(=O)=O)c1. The number of nitrogens with one attached hydrogen (secondary N) is 1. The molecule has 0 radical (unpaired) electrons. The highest BCUT2D eigenvalue weighted by Crippen LogP contribution is 2.46. The highest BCUT2D eigenvalue weighted by atomic mass is 32.2. The zero-order valence-electron chi connectivity index (χ0n) is 18.9. The second-order valence-corrected chi connectivity index (χ2v) is 11.4. The maximum atomic E-state index is 13.8. The molecule has 0 atom stereocenters. The quantitative estimate of drug-likeness (QED) is 0.518. The van der Waals surface area contributed by atoms with Crippen LogP contribution < -0.4 is 14.5 Å². The predicted molar refractivity (Wildman–Crippen MR) is 141 cm³/mol. The molecule has 0 saturated heterocycles. The number of nitrogens with zero attached hydrogens (tertiary/aromatic N) is 3. The zero-order valence-corrected chi connectivity index (χ0v) is 20.6. The molecule has 0 aliphatic carbocycles. The van der Waals surface area contributed by atoms with E-state index in [2.05, 4.69) is 15.2 Å². The van der Waals surface area contributed by atoms with E-state index in [-0.39, 0.29) is 11.4 Å². The van der Waals surface area contributed by atoms with E-state index in [1.807, 2.05) is 49.4 Å². The number of Topliss-reactive ketones (excluding diaryl/α,β-unsaturated/α-hetero) is 1. The van der Waals surface area contributed by atoms with Gasteiger partial charge >= 0.3 is 0 Å². The Kier molecular flexibility index (Phi) is 5.19. The predicted octanol–water partition coefficient (Wildman–Crippen LogP) is 4.76. The summed E-state index contributed by atoms with van der Waals surface area (Å²) in [5.41, 5.74) is 4.35. The van der Waals surface area contributed by atoms with Crippen molar-refractivity contribution in [3.05, 3.63) is 94.5 Å². The van der Waals surface area contributed by atoms with E-state index in [9.17, 15) is 13.2 Å². The molecule has 3 aromatic rings. The first-order valence-electron chi connectivity index (χ1n) is 11.2. The summed E-state index contributed by atoms with van der Waals surface area (Å²) < 4.78 is 28.9. The first kappa shape index (κ1) is 21.9. The van der Waals surface area contributed by atoms with Crippen LogP contribution in [0.15, 0.2) is 87.7 Å². The summed E-state index contributed by atoms with van der Waals surface area (Å²) in [6, 6.07) is 20.4. The van der Waals surface area contributed by atoms with Gasteiger partial charge in [0.2, 0.25) is 5.78 Å². The van der Waals surface area contributed by atoms with Crippen LogP contribution >= 0.6 is 11.8 Å². The van der Waals surface area contributed by atoms with E-state index < -0.39 is 15.8 Å². The average Bonchev–Trinajstić information content (AvgIpc) is 3.43. The third-order valence-corrected chi connectivity index (χ3v) is 9.09. The number of carbonyl (C=O) groups excluding carboxylic acids is 1. The van der Waals surface area contributed by atoms with Gasteiger partial charge in [0, 0.05) is 23.2 Å². The molecule has 0 spiro atoms. The molecule has 6 rings (SSSR count). The van der Waals surface area contributed by atoms with E-state index in [0.717, 1.165) is 45.7 Å². The minimum Gasteiger partial charge on any atom is -0.359 e. The van der Waals surface area contributed by atoms with Gasteiger partial charge in [0.1, 0.15) is 0 Å². The Balaban J connectivity index is 1.41. The molecule has 7 nitrogen and oxygen atoms in total. The monoisotopic (exact) mass is 502 g/mol. The van der Waals surface area contributed by atoms with E-state index in [4.69, 9.17) is 0 Å². The molecule has 35 heavy (non-hydrogen) atoms. The molecule has 3 aromatic carbocycles. The lowest BCUT2D eigenvalue weighted by Gasteiger charge is -2.31. The van der Waals surface area contributed by atoms with E-state index >= 15 is 0 Å². The fourth-order valence-corrected chi connectivity index (χ4v) is 7.27. The van der Waals surface area contributed by atoms with Gasteiger partial charge in [-0.25, -0.2) is 8.42 Å². The van der Waals surface area contributed by atoms with Gasteiger partial charge in [-0.15, -0.1) is 0 Å². The second-order valence-electron chi connectivity index (χ2n) is 8.57. The van der Waals surface area contributed by atoms with Crippen LogP contribution in [0, 0.1) is 6.92 Å². The number of sulfonamides is 1. The molecule has 0 bridgehead atoms. The lowest BCUT2D eigenvalue weighted by molar-refractivity contribution is 0.104. The van der Waals surface area contributed by atoms with Gasteiger partial charge in [-0.1, -0.05) is 48.0 Å². The van der Waals surface area contributed by atoms with Crippen molar-refractivity contribution in [3.8, 4) is 0 Å². The van der Waals surface area contributed by atoms with Crippen LogP contribution in [0.3, 0.4) is 0 Å². The summed E-state index contributed by atoms with van der Waals surface area (Å²) in [6.07, 6.45) is 1.34. The van der Waals surface area contributed by atoms with Gasteiger partial charge in [-0.3, -0.25) is 14.1 Å². The number of para-hydroxylation sites is 2. The Hall–Kier alpha value is -3.56. The molecular formula is C26H22N4O3S2. The van der Waals surface area contributed by atoms with Crippen molar-refractivity contribution < 1.29 is 13.2 Å². The molecule has 9 heteroatoms. The number of ketones is 1. The van der Waals surface area contributed by atoms with Crippen LogP contribution in [-0.2, 0) is 16.6 Å². The molecule has 0 saturated carbocycles. The lowest BCUT2D eigenvalue weighted by Crippen LogP contribution is -2.39. The number of thioether (sulfide) groups is 1. The molecule has 0 fully saturated rings. The van der Waals surface area contributed by atoms with Gasteiger partial charge in [0.15, 0.2) is 10.1 Å². The van der Waals surface area contributed by atoms with E-state index in [1.54, 1.807) is 36.0 Å². The van der Waals surface area contributed by atoms with E-state index in [0.29, 0.717) is 11.3 Å². The first-order valence-corrected chi connectivity index (χ1v) is 13.5. The number of rotatable bonds is 4. The van der Waals surface area contributed by atoms with Gasteiger partial charge in [-0.2, -0.15) is 0 Å². The molecule has 0 aromatic heterocycles. The number of allylic oxidation sites excluding steroid dienone is 1. The van der Waals surface area contributed by atoms with Gasteiger partial charge in [0.25, 0.3) is 10.0 Å². The Morgan fingerprint density at radius 3 is 2.77 bits per heavy atom. The zero-order chi connectivity index (χ0) is 24.2. The fraction of sp³-hybridized carbons (Fsp3) is 0.154. The number of carbonyl (C=O) groups is 1. The number of hydrogen-bond donors (Lipinski definition) is 1. The minimum atomic E-state index is -4.10. The molecule has 3 aliphatic heterocycles. The van der Waals surface area contributed by atoms with Crippen molar-refractivity contribution in [2.75, 3.05) is 27.6 Å². The number of aryl methyl sites for hydroxylation is 1. The smallest absolute Gasteiger partial charge is 0.270 e. The van der Waals surface area contributed by atoms with Gasteiger partial charge in [-0.05, 0) is 48.5 Å². The Bertz CT molecular complexity index is 1550. The van der Waals surface area contributed by atoms with Crippen LogP contribution in [0.1, 0.15) is 21.5 Å². The number of hydrogen-bond acceptors (Lipinski definition) is 7. The molecule has 3 heterocycles. The van der Waals surface area contributed by atoms with Crippen LogP contribution in [-0.4, -0.2) is 32.5 Å². The minimum absolute atomic E-state index is 0.136. The number of amidine groups is 1. The summed E-state index contributed by atoms with van der Waals surface area (Å²) in [7, 11) is -4.10. The van der Waals surface area contributed by atoms with Crippen molar-refractivity contribution >= 4 is 49.8 Å². The first-order chi connectivity index (χ1) is 16.9. The summed E-state index contributed by atoms with van der Waals surface area (Å²) in [4.78, 5) is 20.8. The molecule has 3 aliphatic rings. The molecule has 0 amide bonds. The number of benzene rings is 3. The standard InChI is InChI=1S/C26H22N4O3S2/c1-17-6-4-7-18(14-17)16-30-21-10-3-2-8-19(21)25(31)23(35(30,32)33)15-28-20-9-5-11-22-24(20)29-13-12-27-26(29)34-22/h2-11,14-15,28H,12-13,16H2,1H3. The van der Waals surface area contributed by atoms with Crippen molar-refractivity contribution in [1.29, 1.82) is 0 Å². The van der Waals surface area contributed by atoms with Crippen LogP contribution in [0.4, 0.5) is 17.1 Å². The summed E-state index contributed by atoms with van der Waals surface area (Å²) in [5.74, 6) is -0.515. The topological polar surface area (TPSA) is 82.1 Å². The summed E-state index contributed by atoms with van der Waals surface area (Å²) in [6.45, 7) is 3.61. The van der Waals surface area contributed by atoms with Gasteiger partial charge in [0.05, 0.1) is 30.2 Å². The highest BCUT2D eigenvalue weighted by Gasteiger charge is 2.40. The third-order valence-electron chi connectivity index (χ3n) is 6.25. The van der Waals surface area contributed by atoms with Crippen LogP contribution in [0.2, 0.25) is 0 Å². The van der Waals surface area contributed by atoms with Crippen molar-refractivity contribution in [2.45, 2.75) is 18.4 Å². The maximum Gasteiger partial charge on any atom is 0.270 e. The van der Waals surface area contributed by atoms with Gasteiger partial charge < -0.3 is 10.2 Å². The normalized spacial score (nSPS) is 18.8. The molecule has 0 unspecified atom stereocenters. The molecular weight excluding hydrogens is 480 g/mol. The Morgan fingerprint density at radius 1 is 1.09 bits per heavy atom. The lowest BCUT2D eigenvalue weighted by atomic mass is 10.1. The highest BCUT2D eigenvalue weighted by molar-refractivity contribution is 8.14. The Morgan fingerprint density at radius 2 is 1.91 bits per heavy atom. The molecule has 176 valence electrons. The largest absolute Gasteiger partial charge is 0.359 e.